The Bertz CT molecular complexity index is 1760. The van der Waals surface area contributed by atoms with Gasteiger partial charge in [0.2, 0.25) is 11.5 Å². The second kappa shape index (κ2) is 15.5. The van der Waals surface area contributed by atoms with Crippen LogP contribution in [-0.4, -0.2) is 71.9 Å². The Morgan fingerprint density at radius 1 is 0.750 bits per heavy atom. The molecule has 15 nitrogen and oxygen atoms in total. The van der Waals surface area contributed by atoms with Gasteiger partial charge in [-0.15, -0.1) is 0 Å². The van der Waals surface area contributed by atoms with Crippen molar-refractivity contribution in [3.8, 4) is 22.5 Å². The summed E-state index contributed by atoms with van der Waals surface area (Å²) in [4.78, 5) is 63.1. The molecule has 0 aliphatic carbocycles. The van der Waals surface area contributed by atoms with E-state index in [2.05, 4.69) is 26.3 Å². The van der Waals surface area contributed by atoms with Crippen molar-refractivity contribution in [2.45, 2.75) is 33.7 Å². The van der Waals surface area contributed by atoms with Crippen molar-refractivity contribution in [2.24, 2.45) is 11.8 Å². The molecular weight excluding hydrogens is 624 g/mol. The average Bonchev–Trinajstić information content (AvgIpc) is 3.77. The van der Waals surface area contributed by atoms with E-state index in [1.54, 1.807) is 62.4 Å². The molecule has 0 fully saturated rings. The highest BCUT2D eigenvalue weighted by atomic mass is 16.5. The molecule has 252 valence electrons. The molecule has 4 rings (SSSR count). The number of imide groups is 1. The van der Waals surface area contributed by atoms with E-state index in [9.17, 15) is 24.0 Å². The van der Waals surface area contributed by atoms with Gasteiger partial charge in [-0.2, -0.15) is 0 Å². The Morgan fingerprint density at radius 3 is 1.71 bits per heavy atom. The molecular formula is C33H36N6O9. The largest absolute Gasteiger partial charge is 0.467 e. The van der Waals surface area contributed by atoms with Gasteiger partial charge in [0.1, 0.15) is 17.4 Å². The minimum Gasteiger partial charge on any atom is -0.467 e. The maximum absolute atomic E-state index is 12.8. The third-order valence-corrected chi connectivity index (χ3v) is 6.93. The van der Waals surface area contributed by atoms with Gasteiger partial charge < -0.3 is 34.5 Å². The summed E-state index contributed by atoms with van der Waals surface area (Å²) in [6.07, 6.45) is -0.791. The summed E-state index contributed by atoms with van der Waals surface area (Å²) in [5.74, 6) is -2.21. The van der Waals surface area contributed by atoms with Crippen LogP contribution in [0.3, 0.4) is 0 Å². The van der Waals surface area contributed by atoms with Crippen LogP contribution in [-0.2, 0) is 14.3 Å². The zero-order valence-corrected chi connectivity index (χ0v) is 27.2. The summed E-state index contributed by atoms with van der Waals surface area (Å²) < 4.78 is 19.9. The van der Waals surface area contributed by atoms with Gasteiger partial charge in [-0.1, -0.05) is 62.3 Å². The van der Waals surface area contributed by atoms with E-state index >= 15 is 0 Å². The molecule has 0 saturated carbocycles. The number of amides is 5. The summed E-state index contributed by atoms with van der Waals surface area (Å²) in [6.45, 7) is 7.43. The van der Waals surface area contributed by atoms with Crippen molar-refractivity contribution >= 4 is 41.3 Å². The van der Waals surface area contributed by atoms with Crippen molar-refractivity contribution in [1.82, 2.24) is 20.5 Å². The number of nitrogens with one attached hydrogen (secondary N) is 3. The summed E-state index contributed by atoms with van der Waals surface area (Å²) in [5, 5.41) is 15.9. The van der Waals surface area contributed by atoms with Crippen molar-refractivity contribution in [3.05, 3.63) is 72.2 Å². The molecule has 1 atom stereocenters. The normalized spacial score (nSPS) is 11.5. The first-order chi connectivity index (χ1) is 22.9. The van der Waals surface area contributed by atoms with Crippen LogP contribution in [0.4, 0.5) is 21.0 Å². The van der Waals surface area contributed by atoms with E-state index in [-0.39, 0.29) is 29.9 Å². The number of hydrogen-bond acceptors (Lipinski definition) is 11. The molecule has 2 aromatic heterocycles. The SMILES string of the molecule is COC(=O)C(NC(=O)c1cc(-c2ccc(NC(=O)Nc3ccc(-c4cc(C(=O)N(CC(C)C)C(=O)OC)on4)cc3)cc2)no1)C(C)C. The maximum atomic E-state index is 12.8. The van der Waals surface area contributed by atoms with Gasteiger partial charge >= 0.3 is 24.0 Å². The lowest BCUT2D eigenvalue weighted by Crippen LogP contribution is -2.44. The van der Waals surface area contributed by atoms with E-state index in [0.717, 1.165) is 4.90 Å². The number of urea groups is 1. The van der Waals surface area contributed by atoms with E-state index in [0.29, 0.717) is 33.9 Å². The van der Waals surface area contributed by atoms with Gasteiger partial charge in [0.05, 0.1) is 14.2 Å². The van der Waals surface area contributed by atoms with Gasteiger partial charge in [0.15, 0.2) is 0 Å². The molecule has 0 spiro atoms. The number of esters is 1. The average molecular weight is 661 g/mol. The Kier molecular flexibility index (Phi) is 11.3. The van der Waals surface area contributed by atoms with Crippen molar-refractivity contribution in [1.29, 1.82) is 0 Å². The Labute approximate surface area is 275 Å². The van der Waals surface area contributed by atoms with Crippen LogP contribution in [0.25, 0.3) is 22.5 Å². The molecule has 0 radical (unpaired) electrons. The van der Waals surface area contributed by atoms with Gasteiger partial charge in [0, 0.05) is 41.2 Å². The van der Waals surface area contributed by atoms with Crippen LogP contribution in [0, 0.1) is 11.8 Å². The molecule has 0 saturated heterocycles. The fraction of sp³-hybridized carbons (Fsp3) is 0.303. The van der Waals surface area contributed by atoms with Gasteiger partial charge in [-0.25, -0.2) is 19.3 Å². The zero-order chi connectivity index (χ0) is 35.0. The molecule has 2 heterocycles. The first kappa shape index (κ1) is 34.9. The smallest absolute Gasteiger partial charge is 0.416 e. The van der Waals surface area contributed by atoms with Crippen LogP contribution in [0.15, 0.2) is 69.7 Å². The molecule has 4 aromatic rings. The molecule has 0 aliphatic heterocycles. The maximum Gasteiger partial charge on any atom is 0.416 e. The Hall–Kier alpha value is -5.99. The molecule has 2 aromatic carbocycles. The van der Waals surface area contributed by atoms with Crippen LogP contribution in [0.2, 0.25) is 0 Å². The number of ether oxygens (including phenoxy) is 2. The van der Waals surface area contributed by atoms with E-state index < -0.39 is 35.9 Å². The number of aromatic nitrogens is 2. The van der Waals surface area contributed by atoms with Crippen molar-refractivity contribution in [2.75, 3.05) is 31.4 Å². The fourth-order valence-corrected chi connectivity index (χ4v) is 4.46. The Morgan fingerprint density at radius 2 is 1.25 bits per heavy atom. The number of carbonyl (C=O) groups excluding carboxylic acids is 5. The number of hydrogen-bond donors (Lipinski definition) is 3. The van der Waals surface area contributed by atoms with Crippen molar-refractivity contribution < 1.29 is 42.5 Å². The monoisotopic (exact) mass is 660 g/mol. The highest BCUT2D eigenvalue weighted by molar-refractivity contribution is 6.02. The second-order valence-electron chi connectivity index (χ2n) is 11.4. The Balaban J connectivity index is 1.33. The number of methoxy groups -OCH3 is 2. The first-order valence-electron chi connectivity index (χ1n) is 14.9. The lowest BCUT2D eigenvalue weighted by atomic mass is 10.0. The minimum atomic E-state index is -0.842. The molecule has 5 amide bonds. The lowest BCUT2D eigenvalue weighted by Gasteiger charge is -2.19. The fourth-order valence-electron chi connectivity index (χ4n) is 4.46. The predicted molar refractivity (Wildman–Crippen MR) is 173 cm³/mol. The number of carbonyl (C=O) groups is 5. The third kappa shape index (κ3) is 8.63. The summed E-state index contributed by atoms with van der Waals surface area (Å²) in [7, 11) is 2.44. The highest BCUT2D eigenvalue weighted by Crippen LogP contribution is 2.24. The molecule has 0 bridgehead atoms. The third-order valence-electron chi connectivity index (χ3n) is 6.93. The molecule has 1 unspecified atom stereocenters. The summed E-state index contributed by atoms with van der Waals surface area (Å²) in [6, 6.07) is 14.9. The van der Waals surface area contributed by atoms with E-state index in [4.69, 9.17) is 18.5 Å². The second-order valence-corrected chi connectivity index (χ2v) is 11.4. The number of nitrogens with zero attached hydrogens (tertiary/aromatic N) is 3. The predicted octanol–water partition coefficient (Wildman–Crippen LogP) is 5.43. The van der Waals surface area contributed by atoms with E-state index in [1.165, 1.54) is 26.4 Å². The number of rotatable bonds is 11. The van der Waals surface area contributed by atoms with Crippen LogP contribution in [0.1, 0.15) is 48.8 Å². The minimum absolute atomic E-state index is 0.0152. The van der Waals surface area contributed by atoms with Crippen LogP contribution >= 0.6 is 0 Å². The molecule has 3 N–H and O–H groups in total. The number of benzene rings is 2. The van der Waals surface area contributed by atoms with Gasteiger partial charge in [0.25, 0.3) is 5.91 Å². The highest BCUT2D eigenvalue weighted by Gasteiger charge is 2.29. The number of anilines is 2. The van der Waals surface area contributed by atoms with Crippen LogP contribution < -0.4 is 16.0 Å². The lowest BCUT2D eigenvalue weighted by molar-refractivity contribution is -0.144. The molecule has 0 aliphatic rings. The first-order valence-corrected chi connectivity index (χ1v) is 14.9. The topological polar surface area (TPSA) is 195 Å². The molecule has 48 heavy (non-hydrogen) atoms. The molecule has 15 heteroatoms. The van der Waals surface area contributed by atoms with Gasteiger partial charge in [-0.05, 0) is 36.1 Å². The summed E-state index contributed by atoms with van der Waals surface area (Å²) >= 11 is 0. The summed E-state index contributed by atoms with van der Waals surface area (Å²) in [5.41, 5.74) is 2.97. The standard InChI is InChI=1S/C33H36N6O9/c1-18(2)17-39(33(44)46-6)30(41)27-16-25(38-48-27)21-9-13-23(14-10-21)35-32(43)34-22-11-7-20(8-12-22)24-15-26(47-37-24)29(40)36-28(19(3)4)31(42)45-5/h7-16,18-19,28H,17H2,1-6H3,(H,36,40)(H2,34,35,43). The zero-order valence-electron chi connectivity index (χ0n) is 27.2. The van der Waals surface area contributed by atoms with E-state index in [1.807, 2.05) is 13.8 Å². The quantitative estimate of drug-likeness (QED) is 0.174. The van der Waals surface area contributed by atoms with Gasteiger partial charge in [-0.3, -0.25) is 9.59 Å². The van der Waals surface area contributed by atoms with Crippen molar-refractivity contribution in [3.63, 3.8) is 0 Å². The van der Waals surface area contributed by atoms with Crippen LogP contribution in [0.5, 0.6) is 0 Å².